The van der Waals surface area contributed by atoms with Crippen LogP contribution in [-0.2, 0) is 4.79 Å². The van der Waals surface area contributed by atoms with Gasteiger partial charge in [0, 0.05) is 44.8 Å². The topological polar surface area (TPSA) is 108 Å². The summed E-state index contributed by atoms with van der Waals surface area (Å²) in [4.78, 5) is 40.3. The van der Waals surface area contributed by atoms with Crippen LogP contribution in [0.5, 0.6) is 0 Å². The molecule has 2 aliphatic rings. The Labute approximate surface area is 175 Å². The first-order valence-electron chi connectivity index (χ1n) is 9.13. The number of halogens is 2. The Hall–Kier alpha value is -2.03. The molecular formula is C18H25Cl2N5O3. The third-order valence-electron chi connectivity index (χ3n) is 4.86. The van der Waals surface area contributed by atoms with E-state index in [1.54, 1.807) is 23.1 Å². The minimum atomic E-state index is -0.231. The number of nitrogens with zero attached hydrogens (tertiary/aromatic N) is 2. The van der Waals surface area contributed by atoms with Crippen molar-refractivity contribution in [2.45, 2.75) is 12.8 Å². The number of nitrogens with two attached hydrogens (primary N) is 1. The zero-order valence-electron chi connectivity index (χ0n) is 15.4. The van der Waals surface area contributed by atoms with Crippen molar-refractivity contribution < 1.29 is 14.4 Å². The molecule has 4 N–H and O–H groups in total. The molecule has 3 rings (SSSR count). The molecular weight excluding hydrogens is 405 g/mol. The summed E-state index contributed by atoms with van der Waals surface area (Å²) in [5.74, 6) is -0.460. The highest BCUT2D eigenvalue weighted by Crippen LogP contribution is 2.29. The van der Waals surface area contributed by atoms with E-state index >= 15 is 0 Å². The molecule has 2 fully saturated rings. The Balaban J connectivity index is 0.00000280. The van der Waals surface area contributed by atoms with Gasteiger partial charge in [-0.2, -0.15) is 0 Å². The number of amides is 4. The van der Waals surface area contributed by atoms with Gasteiger partial charge in [-0.15, -0.1) is 12.4 Å². The first-order chi connectivity index (χ1) is 13.0. The molecule has 1 aromatic rings. The number of rotatable bonds is 5. The SMILES string of the molecule is Cl.NCCNC(=O)C1CCCN(C(=O)c2ccc(Cl)c(N3CCNC3=O)c2)C1. The number of benzene rings is 1. The minimum absolute atomic E-state index is 0. The molecule has 0 spiro atoms. The minimum Gasteiger partial charge on any atom is -0.355 e. The van der Waals surface area contributed by atoms with Gasteiger partial charge in [-0.1, -0.05) is 11.6 Å². The quantitative estimate of drug-likeness (QED) is 0.653. The fraction of sp³-hybridized carbons (Fsp3) is 0.500. The number of likely N-dealkylation sites (tertiary alicyclic amines) is 1. The molecule has 28 heavy (non-hydrogen) atoms. The summed E-state index contributed by atoms with van der Waals surface area (Å²) in [6.07, 6.45) is 1.52. The molecule has 10 heteroatoms. The van der Waals surface area contributed by atoms with Gasteiger partial charge in [-0.25, -0.2) is 4.79 Å². The number of anilines is 1. The Kier molecular flexibility index (Phi) is 7.91. The molecule has 4 amide bonds. The van der Waals surface area contributed by atoms with Crippen molar-refractivity contribution in [3.8, 4) is 0 Å². The van der Waals surface area contributed by atoms with Gasteiger partial charge in [0.2, 0.25) is 5.91 Å². The summed E-state index contributed by atoms with van der Waals surface area (Å²) in [6.45, 7) is 2.84. The summed E-state index contributed by atoms with van der Waals surface area (Å²) in [5, 5.41) is 5.93. The molecule has 0 bridgehead atoms. The van der Waals surface area contributed by atoms with Gasteiger partial charge in [0.25, 0.3) is 5.91 Å². The molecule has 8 nitrogen and oxygen atoms in total. The van der Waals surface area contributed by atoms with Crippen molar-refractivity contribution in [1.29, 1.82) is 0 Å². The van der Waals surface area contributed by atoms with Crippen LogP contribution in [0.1, 0.15) is 23.2 Å². The lowest BCUT2D eigenvalue weighted by molar-refractivity contribution is -0.126. The third-order valence-corrected chi connectivity index (χ3v) is 5.18. The number of hydrogen-bond acceptors (Lipinski definition) is 4. The average Bonchev–Trinajstić information content (AvgIpc) is 3.11. The van der Waals surface area contributed by atoms with Crippen LogP contribution in [0.3, 0.4) is 0 Å². The number of nitrogens with one attached hydrogen (secondary N) is 2. The van der Waals surface area contributed by atoms with E-state index in [0.717, 1.165) is 12.8 Å². The molecule has 0 aromatic heterocycles. The first kappa shape index (κ1) is 22.3. The number of urea groups is 1. The van der Waals surface area contributed by atoms with Gasteiger partial charge < -0.3 is 21.3 Å². The van der Waals surface area contributed by atoms with E-state index in [9.17, 15) is 14.4 Å². The van der Waals surface area contributed by atoms with Gasteiger partial charge in [-0.05, 0) is 31.0 Å². The second-order valence-electron chi connectivity index (χ2n) is 6.72. The van der Waals surface area contributed by atoms with Crippen molar-refractivity contribution in [2.24, 2.45) is 11.7 Å². The van der Waals surface area contributed by atoms with Crippen LogP contribution in [0.2, 0.25) is 5.02 Å². The monoisotopic (exact) mass is 429 g/mol. The lowest BCUT2D eigenvalue weighted by Crippen LogP contribution is -2.46. The fourth-order valence-electron chi connectivity index (χ4n) is 3.45. The van der Waals surface area contributed by atoms with Crippen LogP contribution >= 0.6 is 24.0 Å². The van der Waals surface area contributed by atoms with Crippen LogP contribution in [-0.4, -0.2) is 62.0 Å². The first-order valence-corrected chi connectivity index (χ1v) is 9.51. The standard InChI is InChI=1S/C18H24ClN5O3.ClH/c19-14-4-3-12(10-15(14)24-9-7-22-18(24)27)17(26)23-8-1-2-13(11-23)16(25)21-6-5-20;/h3-4,10,13H,1-2,5-9,11,20H2,(H,21,25)(H,22,27);1H. The summed E-state index contributed by atoms with van der Waals surface area (Å²) in [6, 6.07) is 4.70. The number of carbonyl (C=O) groups is 3. The molecule has 154 valence electrons. The molecule has 0 radical (unpaired) electrons. The van der Waals surface area contributed by atoms with Gasteiger partial charge in [-0.3, -0.25) is 14.5 Å². The number of hydrogen-bond donors (Lipinski definition) is 3. The number of piperidine rings is 1. The maximum atomic E-state index is 13.0. The molecule has 2 aliphatic heterocycles. The van der Waals surface area contributed by atoms with Gasteiger partial charge in [0.05, 0.1) is 16.6 Å². The van der Waals surface area contributed by atoms with Crippen LogP contribution in [0, 0.1) is 5.92 Å². The van der Waals surface area contributed by atoms with Gasteiger partial charge in [0.15, 0.2) is 0 Å². The normalized spacial score (nSPS) is 19.1. The summed E-state index contributed by atoms with van der Waals surface area (Å²) < 4.78 is 0. The van der Waals surface area contributed by atoms with E-state index in [0.29, 0.717) is 55.5 Å². The van der Waals surface area contributed by atoms with E-state index in [4.69, 9.17) is 17.3 Å². The summed E-state index contributed by atoms with van der Waals surface area (Å²) in [5.41, 5.74) is 6.40. The van der Waals surface area contributed by atoms with Gasteiger partial charge in [0.1, 0.15) is 0 Å². The zero-order chi connectivity index (χ0) is 19.4. The third kappa shape index (κ3) is 4.87. The molecule has 1 aromatic carbocycles. The van der Waals surface area contributed by atoms with Crippen molar-refractivity contribution >= 4 is 47.5 Å². The fourth-order valence-corrected chi connectivity index (χ4v) is 3.67. The molecule has 2 heterocycles. The lowest BCUT2D eigenvalue weighted by atomic mass is 9.96. The molecule has 0 aliphatic carbocycles. The second kappa shape index (κ2) is 9.95. The molecule has 2 saturated heterocycles. The van der Waals surface area contributed by atoms with Crippen molar-refractivity contribution in [2.75, 3.05) is 44.2 Å². The van der Waals surface area contributed by atoms with Crippen molar-refractivity contribution in [3.05, 3.63) is 28.8 Å². The maximum Gasteiger partial charge on any atom is 0.322 e. The van der Waals surface area contributed by atoms with Crippen LogP contribution in [0.25, 0.3) is 0 Å². The highest BCUT2D eigenvalue weighted by atomic mass is 35.5. The maximum absolute atomic E-state index is 13.0. The average molecular weight is 430 g/mol. The Morgan fingerprint density at radius 1 is 1.32 bits per heavy atom. The van der Waals surface area contributed by atoms with Crippen molar-refractivity contribution in [1.82, 2.24) is 15.5 Å². The van der Waals surface area contributed by atoms with E-state index in [2.05, 4.69) is 10.6 Å². The predicted octanol–water partition coefficient (Wildman–Crippen LogP) is 1.22. The molecule has 0 saturated carbocycles. The van der Waals surface area contributed by atoms with Crippen molar-refractivity contribution in [3.63, 3.8) is 0 Å². The van der Waals surface area contributed by atoms with E-state index in [1.807, 2.05) is 0 Å². The van der Waals surface area contributed by atoms with Crippen LogP contribution in [0.15, 0.2) is 18.2 Å². The largest absolute Gasteiger partial charge is 0.355 e. The summed E-state index contributed by atoms with van der Waals surface area (Å²) >= 11 is 6.24. The van der Waals surface area contributed by atoms with E-state index in [1.165, 1.54) is 4.90 Å². The second-order valence-corrected chi connectivity index (χ2v) is 7.13. The van der Waals surface area contributed by atoms with Crippen LogP contribution < -0.4 is 21.3 Å². The Morgan fingerprint density at radius 2 is 2.11 bits per heavy atom. The predicted molar refractivity (Wildman–Crippen MR) is 110 cm³/mol. The molecule has 1 unspecified atom stereocenters. The smallest absolute Gasteiger partial charge is 0.322 e. The number of carbonyl (C=O) groups excluding carboxylic acids is 3. The van der Waals surface area contributed by atoms with E-state index < -0.39 is 0 Å². The van der Waals surface area contributed by atoms with Crippen LogP contribution in [0.4, 0.5) is 10.5 Å². The Bertz CT molecular complexity index is 746. The lowest BCUT2D eigenvalue weighted by Gasteiger charge is -2.32. The van der Waals surface area contributed by atoms with Gasteiger partial charge >= 0.3 is 6.03 Å². The highest BCUT2D eigenvalue weighted by Gasteiger charge is 2.30. The Morgan fingerprint density at radius 3 is 2.79 bits per heavy atom. The van der Waals surface area contributed by atoms with E-state index in [-0.39, 0.29) is 36.2 Å². The highest BCUT2D eigenvalue weighted by molar-refractivity contribution is 6.34. The molecule has 1 atom stereocenters. The summed E-state index contributed by atoms with van der Waals surface area (Å²) in [7, 11) is 0. The zero-order valence-corrected chi connectivity index (χ0v) is 17.0.